The number of carbonyl (C=O) groups excluding carboxylic acids is 1. The minimum absolute atomic E-state index is 0.0270. The number of halogens is 1. The summed E-state index contributed by atoms with van der Waals surface area (Å²) in [5, 5.41) is 16.3. The van der Waals surface area contributed by atoms with Crippen LogP contribution in [0, 0.1) is 5.92 Å². The largest absolute Gasteiger partial charge is 0.486 e. The first-order chi connectivity index (χ1) is 18.5. The molecule has 3 aliphatic heterocycles. The number of nitrogens with zero attached hydrogens (tertiary/aromatic N) is 3. The zero-order valence-electron chi connectivity index (χ0n) is 21.3. The summed E-state index contributed by atoms with van der Waals surface area (Å²) in [4.78, 5) is 22.7. The van der Waals surface area contributed by atoms with E-state index in [4.69, 9.17) is 26.1 Å². The first-order valence-electron chi connectivity index (χ1n) is 13.4. The molecule has 1 unspecified atom stereocenters. The standard InChI is InChI=1S/C29H33ClN4O4/c30-22-5-6-23-19(15-22)4-8-27(31-23)34-12-9-21(17-34)29(36)32-24(18-33-10-1-2-11-33)28(35)20-3-7-25-26(16-20)38-14-13-37-25/h3-8,15-16,21,24,28,35H,1-2,9-14,17-18H2,(H,32,36)/t21?,24-,28-/m1/s1. The third-order valence-corrected chi connectivity index (χ3v) is 8.02. The molecule has 38 heavy (non-hydrogen) atoms. The highest BCUT2D eigenvalue weighted by molar-refractivity contribution is 6.31. The van der Waals surface area contributed by atoms with Gasteiger partial charge in [0.05, 0.1) is 17.5 Å². The van der Waals surface area contributed by atoms with E-state index in [0.29, 0.717) is 48.4 Å². The maximum absolute atomic E-state index is 13.5. The first-order valence-corrected chi connectivity index (χ1v) is 13.8. The Hall–Kier alpha value is -3.07. The highest BCUT2D eigenvalue weighted by atomic mass is 35.5. The number of nitrogens with one attached hydrogen (secondary N) is 1. The minimum Gasteiger partial charge on any atom is -0.486 e. The Kier molecular flexibility index (Phi) is 7.28. The van der Waals surface area contributed by atoms with E-state index < -0.39 is 12.1 Å². The van der Waals surface area contributed by atoms with Crippen LogP contribution in [0.15, 0.2) is 48.5 Å². The van der Waals surface area contributed by atoms with E-state index in [9.17, 15) is 9.90 Å². The van der Waals surface area contributed by atoms with Crippen molar-refractivity contribution in [2.75, 3.05) is 50.8 Å². The molecule has 6 rings (SSSR count). The molecule has 2 saturated heterocycles. The summed E-state index contributed by atoms with van der Waals surface area (Å²) >= 11 is 6.11. The maximum Gasteiger partial charge on any atom is 0.225 e. The van der Waals surface area contributed by atoms with Crippen LogP contribution in [0.3, 0.4) is 0 Å². The number of aliphatic hydroxyl groups excluding tert-OH is 1. The molecule has 2 N–H and O–H groups in total. The molecule has 3 aromatic rings. The molecule has 9 heteroatoms. The van der Waals surface area contributed by atoms with Gasteiger partial charge in [-0.25, -0.2) is 4.98 Å². The maximum atomic E-state index is 13.5. The zero-order valence-corrected chi connectivity index (χ0v) is 22.1. The number of amides is 1. The van der Waals surface area contributed by atoms with Gasteiger partial charge >= 0.3 is 0 Å². The predicted octanol–water partition coefficient (Wildman–Crippen LogP) is 3.80. The van der Waals surface area contributed by atoms with Gasteiger partial charge in [-0.05, 0) is 80.4 Å². The van der Waals surface area contributed by atoms with Crippen molar-refractivity contribution in [1.29, 1.82) is 0 Å². The fourth-order valence-electron chi connectivity index (χ4n) is 5.69. The van der Waals surface area contributed by atoms with Crippen LogP contribution in [0.2, 0.25) is 5.02 Å². The average Bonchev–Trinajstić information content (AvgIpc) is 3.64. The van der Waals surface area contributed by atoms with Gasteiger partial charge in [0, 0.05) is 30.0 Å². The molecule has 3 atom stereocenters. The number of pyridine rings is 1. The number of hydrogen-bond acceptors (Lipinski definition) is 7. The number of ether oxygens (including phenoxy) is 2. The van der Waals surface area contributed by atoms with Crippen LogP contribution in [0.4, 0.5) is 5.82 Å². The summed E-state index contributed by atoms with van der Waals surface area (Å²) in [7, 11) is 0. The van der Waals surface area contributed by atoms with Crippen LogP contribution in [-0.2, 0) is 4.79 Å². The summed E-state index contributed by atoms with van der Waals surface area (Å²) in [5.74, 6) is 1.98. The molecule has 1 aromatic heterocycles. The number of rotatable bonds is 7. The highest BCUT2D eigenvalue weighted by Crippen LogP contribution is 2.34. The molecular formula is C29H33ClN4O4. The quantitative estimate of drug-likeness (QED) is 0.475. The van der Waals surface area contributed by atoms with E-state index in [1.807, 2.05) is 48.5 Å². The molecule has 2 aromatic carbocycles. The van der Waals surface area contributed by atoms with Crippen molar-refractivity contribution in [2.45, 2.75) is 31.4 Å². The van der Waals surface area contributed by atoms with E-state index in [2.05, 4.69) is 15.1 Å². The van der Waals surface area contributed by atoms with Gasteiger partial charge in [-0.1, -0.05) is 17.7 Å². The topological polar surface area (TPSA) is 87.2 Å². The zero-order chi connectivity index (χ0) is 26.1. The first kappa shape index (κ1) is 25.2. The lowest BCUT2D eigenvalue weighted by Gasteiger charge is -2.30. The van der Waals surface area contributed by atoms with Gasteiger partial charge in [0.1, 0.15) is 25.1 Å². The number of aliphatic hydroxyl groups is 1. The van der Waals surface area contributed by atoms with Crippen molar-refractivity contribution in [3.05, 3.63) is 59.1 Å². The molecular weight excluding hydrogens is 504 g/mol. The molecule has 4 heterocycles. The highest BCUT2D eigenvalue weighted by Gasteiger charge is 2.33. The molecule has 3 aliphatic rings. The van der Waals surface area contributed by atoms with E-state index in [1.165, 1.54) is 0 Å². The number of aromatic nitrogens is 1. The monoisotopic (exact) mass is 536 g/mol. The predicted molar refractivity (Wildman–Crippen MR) is 147 cm³/mol. The Morgan fingerprint density at radius 3 is 2.71 bits per heavy atom. The van der Waals surface area contributed by atoms with Crippen LogP contribution in [0.25, 0.3) is 10.9 Å². The number of fused-ring (bicyclic) bond motifs is 2. The van der Waals surface area contributed by atoms with Gasteiger partial charge in [0.2, 0.25) is 5.91 Å². The average molecular weight is 537 g/mol. The molecule has 1 amide bonds. The van der Waals surface area contributed by atoms with E-state index in [1.54, 1.807) is 0 Å². The molecule has 0 saturated carbocycles. The van der Waals surface area contributed by atoms with E-state index in [-0.39, 0.29) is 11.8 Å². The number of anilines is 1. The number of likely N-dealkylation sites (tertiary alicyclic amines) is 1. The molecule has 0 aliphatic carbocycles. The third kappa shape index (κ3) is 5.39. The lowest BCUT2D eigenvalue weighted by Crippen LogP contribution is -2.48. The van der Waals surface area contributed by atoms with Crippen LogP contribution in [0.5, 0.6) is 11.5 Å². The smallest absolute Gasteiger partial charge is 0.225 e. The van der Waals surface area contributed by atoms with Crippen molar-refractivity contribution < 1.29 is 19.4 Å². The molecule has 0 spiro atoms. The lowest BCUT2D eigenvalue weighted by molar-refractivity contribution is -0.126. The van der Waals surface area contributed by atoms with Gasteiger partial charge in [0.15, 0.2) is 11.5 Å². The number of benzene rings is 2. The fraction of sp³-hybridized carbons (Fsp3) is 0.448. The Morgan fingerprint density at radius 1 is 1.05 bits per heavy atom. The lowest BCUT2D eigenvalue weighted by atomic mass is 9.99. The Balaban J connectivity index is 1.15. The SMILES string of the molecule is O=C(N[C@H](CN1CCCC1)[C@H](O)c1ccc2c(c1)OCCO2)C1CCN(c2ccc3cc(Cl)ccc3n2)C1. The van der Waals surface area contributed by atoms with Crippen LogP contribution >= 0.6 is 11.6 Å². The van der Waals surface area contributed by atoms with Crippen molar-refractivity contribution >= 4 is 34.2 Å². The summed E-state index contributed by atoms with van der Waals surface area (Å²) in [5.41, 5.74) is 1.60. The minimum atomic E-state index is -0.859. The normalized spacial score (nSPS) is 21.0. The summed E-state index contributed by atoms with van der Waals surface area (Å²) in [6, 6.07) is 14.8. The van der Waals surface area contributed by atoms with Gasteiger partial charge < -0.3 is 29.7 Å². The van der Waals surface area contributed by atoms with Crippen molar-refractivity contribution in [3.8, 4) is 11.5 Å². The molecule has 200 valence electrons. The number of carbonyl (C=O) groups is 1. The van der Waals surface area contributed by atoms with Crippen LogP contribution in [-0.4, -0.2) is 72.9 Å². The second kappa shape index (κ2) is 11.0. The van der Waals surface area contributed by atoms with Crippen LogP contribution in [0.1, 0.15) is 30.9 Å². The van der Waals surface area contributed by atoms with Crippen molar-refractivity contribution in [2.24, 2.45) is 5.92 Å². The molecule has 2 fully saturated rings. The summed E-state index contributed by atoms with van der Waals surface area (Å²) in [6.07, 6.45) is 2.16. The molecule has 0 radical (unpaired) electrons. The van der Waals surface area contributed by atoms with Gasteiger partial charge in [-0.2, -0.15) is 0 Å². The second-order valence-corrected chi connectivity index (χ2v) is 10.8. The Labute approximate surface area is 227 Å². The summed E-state index contributed by atoms with van der Waals surface area (Å²) < 4.78 is 11.4. The molecule has 0 bridgehead atoms. The Morgan fingerprint density at radius 2 is 1.87 bits per heavy atom. The Bertz CT molecular complexity index is 1310. The van der Waals surface area contributed by atoms with Crippen molar-refractivity contribution in [1.82, 2.24) is 15.2 Å². The number of hydrogen-bond donors (Lipinski definition) is 2. The third-order valence-electron chi connectivity index (χ3n) is 7.79. The summed E-state index contributed by atoms with van der Waals surface area (Å²) in [6.45, 7) is 4.92. The van der Waals surface area contributed by atoms with Gasteiger partial charge in [-0.3, -0.25) is 4.79 Å². The van der Waals surface area contributed by atoms with Gasteiger partial charge in [-0.15, -0.1) is 0 Å². The molecule has 8 nitrogen and oxygen atoms in total. The van der Waals surface area contributed by atoms with E-state index in [0.717, 1.165) is 55.6 Å². The van der Waals surface area contributed by atoms with Crippen LogP contribution < -0.4 is 19.7 Å². The van der Waals surface area contributed by atoms with E-state index >= 15 is 0 Å². The fourth-order valence-corrected chi connectivity index (χ4v) is 5.87. The van der Waals surface area contributed by atoms with Gasteiger partial charge in [0.25, 0.3) is 0 Å². The van der Waals surface area contributed by atoms with Crippen molar-refractivity contribution in [3.63, 3.8) is 0 Å². The second-order valence-electron chi connectivity index (χ2n) is 10.4.